The third-order valence-electron chi connectivity index (χ3n) is 5.64. The Morgan fingerprint density at radius 3 is 2.56 bits per heavy atom. The summed E-state index contributed by atoms with van der Waals surface area (Å²) in [5, 5.41) is 3.61. The topological polar surface area (TPSA) is 121 Å². The smallest absolute Gasteiger partial charge is 0.340 e. The maximum Gasteiger partial charge on any atom is 0.340 e. The van der Waals surface area contributed by atoms with Gasteiger partial charge in [0.15, 0.2) is 11.5 Å². The van der Waals surface area contributed by atoms with Crippen LogP contribution in [0.5, 0.6) is 11.5 Å². The molecule has 0 saturated carbocycles. The van der Waals surface area contributed by atoms with Gasteiger partial charge < -0.3 is 24.4 Å². The Labute approximate surface area is 204 Å². The molecule has 2 aromatic rings. The largest absolute Gasteiger partial charge is 0.492 e. The molecule has 1 saturated heterocycles. The quantitative estimate of drug-likeness (QED) is 0.143. The molecule has 2 N–H and O–H groups in total. The predicted octanol–water partition coefficient (Wildman–Crippen LogP) is 3.68. The third-order valence-corrected chi connectivity index (χ3v) is 7.37. The lowest BCUT2D eigenvalue weighted by Gasteiger charge is -2.32. The van der Waals surface area contributed by atoms with Gasteiger partial charge in [0.05, 0.1) is 24.3 Å². The van der Waals surface area contributed by atoms with Crippen molar-refractivity contribution in [3.8, 4) is 11.5 Å². The molecule has 1 fully saturated rings. The van der Waals surface area contributed by atoms with E-state index in [1.54, 1.807) is 32.3 Å². The van der Waals surface area contributed by atoms with E-state index in [0.717, 1.165) is 0 Å². The number of rotatable bonds is 8. The van der Waals surface area contributed by atoms with Gasteiger partial charge >= 0.3 is 16.1 Å². The van der Waals surface area contributed by atoms with Crippen molar-refractivity contribution in [1.29, 1.82) is 0 Å². The van der Waals surface area contributed by atoms with Gasteiger partial charge in [0, 0.05) is 18.7 Å². The molecule has 1 heterocycles. The van der Waals surface area contributed by atoms with Gasteiger partial charge in [-0.2, -0.15) is 13.5 Å². The van der Waals surface area contributed by atoms with Crippen LogP contribution in [-0.4, -0.2) is 52.4 Å². The molecule has 0 spiro atoms. The standard InChI is InChI=1S/C23H28ClN3O6S/c1-4-32-23(28)20-15(2)13-18(33-34(29,30)19-8-6-5-7-17(19)24)22(31-3)21(20)16-9-11-27(12-10-16)14-26-25/h5-8,13-14,16H,4,9-12,25H2,1-3H3. The SMILES string of the molecule is CCOC(=O)c1c(C)cc(OS(=O)(=O)c2ccccc2Cl)c(OC)c1C1CCN(C=NN)CC1. The molecule has 3 rings (SSSR count). The summed E-state index contributed by atoms with van der Waals surface area (Å²) in [5.41, 5.74) is 1.44. The highest BCUT2D eigenvalue weighted by Gasteiger charge is 2.33. The first kappa shape index (κ1) is 25.6. The zero-order chi connectivity index (χ0) is 24.9. The fourth-order valence-electron chi connectivity index (χ4n) is 4.14. The van der Waals surface area contributed by atoms with E-state index in [2.05, 4.69) is 5.10 Å². The van der Waals surface area contributed by atoms with Crippen molar-refractivity contribution in [3.05, 3.63) is 52.0 Å². The fourth-order valence-corrected chi connectivity index (χ4v) is 5.56. The van der Waals surface area contributed by atoms with E-state index >= 15 is 0 Å². The van der Waals surface area contributed by atoms with Crippen LogP contribution in [-0.2, 0) is 14.9 Å². The van der Waals surface area contributed by atoms with Gasteiger partial charge in [-0.25, -0.2) is 4.79 Å². The molecule has 0 amide bonds. The fraction of sp³-hybridized carbons (Fsp3) is 0.391. The van der Waals surface area contributed by atoms with Crippen molar-refractivity contribution < 1.29 is 26.9 Å². The zero-order valence-corrected chi connectivity index (χ0v) is 20.9. The van der Waals surface area contributed by atoms with Gasteiger partial charge in [-0.05, 0) is 56.4 Å². The molecule has 0 atom stereocenters. The number of benzene rings is 2. The monoisotopic (exact) mass is 509 g/mol. The molecule has 0 aliphatic carbocycles. The van der Waals surface area contributed by atoms with Crippen molar-refractivity contribution in [2.45, 2.75) is 37.5 Å². The van der Waals surface area contributed by atoms with Crippen LogP contribution in [0.15, 0.2) is 40.3 Å². The van der Waals surface area contributed by atoms with Gasteiger partial charge in [-0.15, -0.1) is 0 Å². The minimum atomic E-state index is -4.27. The van der Waals surface area contributed by atoms with Crippen LogP contribution in [0.4, 0.5) is 0 Å². The second-order valence-electron chi connectivity index (χ2n) is 7.78. The summed E-state index contributed by atoms with van der Waals surface area (Å²) in [5.74, 6) is 4.82. The van der Waals surface area contributed by atoms with Crippen molar-refractivity contribution in [2.75, 3.05) is 26.8 Å². The Hall–Kier alpha value is -2.98. The van der Waals surface area contributed by atoms with Crippen molar-refractivity contribution in [1.82, 2.24) is 4.90 Å². The number of carbonyl (C=O) groups excluding carboxylic acids is 1. The summed E-state index contributed by atoms with van der Waals surface area (Å²) < 4.78 is 42.6. The molecule has 0 radical (unpaired) electrons. The normalized spacial score (nSPS) is 14.9. The number of likely N-dealkylation sites (tertiary alicyclic amines) is 1. The lowest BCUT2D eigenvalue weighted by Crippen LogP contribution is -2.33. The van der Waals surface area contributed by atoms with E-state index in [1.807, 2.05) is 4.90 Å². The number of halogens is 1. The van der Waals surface area contributed by atoms with E-state index in [1.165, 1.54) is 25.3 Å². The molecule has 0 bridgehead atoms. The number of hydrogen-bond acceptors (Lipinski definition) is 8. The van der Waals surface area contributed by atoms with E-state index in [4.69, 9.17) is 31.1 Å². The summed E-state index contributed by atoms with van der Waals surface area (Å²) in [6, 6.07) is 7.48. The predicted molar refractivity (Wildman–Crippen MR) is 129 cm³/mol. The Balaban J connectivity index is 2.12. The Bertz CT molecular complexity index is 1180. The molecule has 0 aromatic heterocycles. The molecule has 2 aromatic carbocycles. The zero-order valence-electron chi connectivity index (χ0n) is 19.3. The average molecular weight is 510 g/mol. The lowest BCUT2D eigenvalue weighted by molar-refractivity contribution is 0.0522. The Morgan fingerprint density at radius 1 is 1.29 bits per heavy atom. The summed E-state index contributed by atoms with van der Waals surface area (Å²) in [7, 11) is -2.86. The molecule has 184 valence electrons. The van der Waals surface area contributed by atoms with Gasteiger partial charge in [-0.3, -0.25) is 0 Å². The minimum Gasteiger partial charge on any atom is -0.492 e. The van der Waals surface area contributed by atoms with E-state index in [-0.39, 0.29) is 33.9 Å². The maximum atomic E-state index is 13.0. The summed E-state index contributed by atoms with van der Waals surface area (Å²) in [6.07, 6.45) is 2.89. The second-order valence-corrected chi connectivity index (χ2v) is 9.70. The first-order valence-corrected chi connectivity index (χ1v) is 12.6. The third kappa shape index (κ3) is 5.39. The second kappa shape index (κ2) is 11.0. The van der Waals surface area contributed by atoms with Crippen LogP contribution in [0.25, 0.3) is 0 Å². The van der Waals surface area contributed by atoms with E-state index in [9.17, 15) is 13.2 Å². The van der Waals surface area contributed by atoms with Crippen molar-refractivity contribution in [3.63, 3.8) is 0 Å². The van der Waals surface area contributed by atoms with Crippen LogP contribution >= 0.6 is 11.6 Å². The number of nitrogens with zero attached hydrogens (tertiary/aromatic N) is 2. The van der Waals surface area contributed by atoms with Gasteiger partial charge in [0.25, 0.3) is 0 Å². The Kier molecular flexibility index (Phi) is 8.27. The Morgan fingerprint density at radius 2 is 1.97 bits per heavy atom. The molecular weight excluding hydrogens is 482 g/mol. The number of piperidine rings is 1. The number of carbonyl (C=O) groups is 1. The summed E-state index contributed by atoms with van der Waals surface area (Å²) in [6.45, 7) is 4.94. The highest BCUT2D eigenvalue weighted by atomic mass is 35.5. The molecule has 11 heteroatoms. The number of aryl methyl sites for hydroxylation is 1. The number of nitrogens with two attached hydrogens (primary N) is 1. The van der Waals surface area contributed by atoms with Crippen LogP contribution in [0.1, 0.15) is 47.2 Å². The number of hydrogen-bond donors (Lipinski definition) is 1. The molecule has 34 heavy (non-hydrogen) atoms. The van der Waals surface area contributed by atoms with Crippen LogP contribution < -0.4 is 14.8 Å². The molecule has 9 nitrogen and oxygen atoms in total. The molecule has 1 aliphatic heterocycles. The van der Waals surface area contributed by atoms with Crippen LogP contribution in [0.2, 0.25) is 5.02 Å². The maximum absolute atomic E-state index is 13.0. The van der Waals surface area contributed by atoms with Gasteiger partial charge in [-0.1, -0.05) is 23.7 Å². The molecule has 1 aliphatic rings. The van der Waals surface area contributed by atoms with Crippen LogP contribution in [0.3, 0.4) is 0 Å². The highest BCUT2D eigenvalue weighted by molar-refractivity contribution is 7.87. The first-order valence-electron chi connectivity index (χ1n) is 10.8. The summed E-state index contributed by atoms with van der Waals surface area (Å²) in [4.78, 5) is 14.7. The number of methoxy groups -OCH3 is 1. The highest BCUT2D eigenvalue weighted by Crippen LogP contribution is 2.45. The first-order chi connectivity index (χ1) is 16.2. The van der Waals surface area contributed by atoms with Gasteiger partial charge in [0.2, 0.25) is 0 Å². The minimum absolute atomic E-state index is 0.0195. The van der Waals surface area contributed by atoms with Crippen molar-refractivity contribution >= 4 is 34.0 Å². The molecular formula is C23H28ClN3O6S. The number of hydrazone groups is 1. The number of esters is 1. The van der Waals surface area contributed by atoms with Gasteiger partial charge in [0.1, 0.15) is 11.2 Å². The summed E-state index contributed by atoms with van der Waals surface area (Å²) >= 11 is 6.10. The van der Waals surface area contributed by atoms with Crippen LogP contribution in [0, 0.1) is 6.92 Å². The molecule has 0 unspecified atom stereocenters. The number of ether oxygens (including phenoxy) is 2. The van der Waals surface area contributed by atoms with E-state index in [0.29, 0.717) is 42.6 Å². The average Bonchev–Trinajstić information content (AvgIpc) is 2.79. The van der Waals surface area contributed by atoms with E-state index < -0.39 is 16.1 Å². The lowest BCUT2D eigenvalue weighted by atomic mass is 9.84. The van der Waals surface area contributed by atoms with Crippen molar-refractivity contribution in [2.24, 2.45) is 10.9 Å².